The van der Waals surface area contributed by atoms with Gasteiger partial charge in [-0.05, 0) is 12.1 Å². The zero-order valence-corrected chi connectivity index (χ0v) is 5.51. The minimum absolute atomic E-state index is 0.0679. The van der Waals surface area contributed by atoms with Gasteiger partial charge in [0.05, 0.1) is 6.20 Å². The van der Waals surface area contributed by atoms with Crippen molar-refractivity contribution in [1.29, 1.82) is 0 Å². The first-order valence-corrected chi connectivity index (χ1v) is 2.83. The average Bonchev–Trinajstić information content (AvgIpc) is 2.05. The van der Waals surface area contributed by atoms with E-state index in [1.807, 2.05) is 0 Å². The van der Waals surface area contributed by atoms with Gasteiger partial charge in [0.15, 0.2) is 6.29 Å². The maximum atomic E-state index is 10.1. The fourth-order valence-electron chi connectivity index (χ4n) is 0.586. The smallest absolute Gasteiger partial charge is 0.168 e. The highest BCUT2D eigenvalue weighted by Gasteiger charge is 1.97. The molecule has 0 radical (unpaired) electrons. The van der Waals surface area contributed by atoms with Gasteiger partial charge in [0.1, 0.15) is 11.4 Å². The highest BCUT2D eigenvalue weighted by molar-refractivity contribution is 5.72. The van der Waals surface area contributed by atoms with Crippen LogP contribution in [-0.2, 0) is 0 Å². The Labute approximate surface area is 62.4 Å². The van der Waals surface area contributed by atoms with Crippen LogP contribution in [0.2, 0.25) is 0 Å². The average molecular weight is 154 g/mol. The number of aromatic nitrogens is 1. The molecule has 0 aliphatic heterocycles. The molecule has 0 aliphatic carbocycles. The van der Waals surface area contributed by atoms with Gasteiger partial charge in [-0.2, -0.15) is 0 Å². The van der Waals surface area contributed by atoms with E-state index in [0.717, 1.165) is 0 Å². The van der Waals surface area contributed by atoms with Crippen LogP contribution < -0.4 is 5.23 Å². The summed E-state index contributed by atoms with van der Waals surface area (Å²) in [5.41, 5.74) is 0.353. The number of rotatable bonds is 2. The summed E-state index contributed by atoms with van der Waals surface area (Å²) in [5, 5.41) is 16.8. The third-order valence-electron chi connectivity index (χ3n) is 1.12. The van der Waals surface area contributed by atoms with E-state index in [-0.39, 0.29) is 16.6 Å². The van der Waals surface area contributed by atoms with Crippen LogP contribution in [0.5, 0.6) is 0 Å². The lowest BCUT2D eigenvalue weighted by atomic mass is 10.3. The number of hydrogen-bond donors (Lipinski definition) is 2. The van der Waals surface area contributed by atoms with Crippen LogP contribution >= 0.6 is 0 Å². The molecule has 0 atom stereocenters. The minimum atomic E-state index is -0.0679. The molecule has 0 amide bonds. The van der Waals surface area contributed by atoms with E-state index in [1.54, 1.807) is 0 Å². The maximum absolute atomic E-state index is 10.1. The van der Waals surface area contributed by atoms with Crippen LogP contribution in [0.25, 0.3) is 0 Å². The van der Waals surface area contributed by atoms with Gasteiger partial charge in [-0.25, -0.2) is 0 Å². The van der Waals surface area contributed by atoms with Crippen LogP contribution in [0.1, 0.15) is 10.5 Å². The largest absolute Gasteiger partial charge is 0.296 e. The minimum Gasteiger partial charge on any atom is -0.296 e. The predicted octanol–water partition coefficient (Wildman–Crippen LogP) is 0.479. The van der Waals surface area contributed by atoms with Crippen LogP contribution in [-0.4, -0.2) is 21.7 Å². The third-order valence-corrected chi connectivity index (χ3v) is 1.12. The molecule has 11 heavy (non-hydrogen) atoms. The lowest BCUT2D eigenvalue weighted by molar-refractivity contribution is 0.0289. The van der Waals surface area contributed by atoms with Crippen molar-refractivity contribution >= 4 is 12.0 Å². The second-order valence-corrected chi connectivity index (χ2v) is 1.85. The molecule has 1 aromatic heterocycles. The molecule has 0 bridgehead atoms. The van der Waals surface area contributed by atoms with Gasteiger partial charge in [0.2, 0.25) is 0 Å². The van der Waals surface area contributed by atoms with Crippen LogP contribution in [0.15, 0.2) is 18.3 Å². The summed E-state index contributed by atoms with van der Waals surface area (Å²) >= 11 is 0. The summed E-state index contributed by atoms with van der Waals surface area (Å²) in [5.74, 6) is 0. The van der Waals surface area contributed by atoms with Gasteiger partial charge >= 0.3 is 0 Å². The van der Waals surface area contributed by atoms with Gasteiger partial charge in [-0.3, -0.25) is 20.2 Å². The van der Waals surface area contributed by atoms with Gasteiger partial charge < -0.3 is 0 Å². The Kier molecular flexibility index (Phi) is 2.15. The summed E-state index contributed by atoms with van der Waals surface area (Å²) in [6.45, 7) is 0. The Hall–Kier alpha value is -1.46. The fourth-order valence-corrected chi connectivity index (χ4v) is 0.586. The molecule has 58 valence electrons. The molecule has 0 unspecified atom stereocenters. The molecule has 0 aliphatic rings. The number of hydrogen-bond acceptors (Lipinski definition) is 5. The number of pyridine rings is 1. The number of anilines is 1. The monoisotopic (exact) mass is 154 g/mol. The quantitative estimate of drug-likeness (QED) is 0.478. The molecular weight excluding hydrogens is 148 g/mol. The number of carbonyl (C=O) groups excluding carboxylic acids is 1. The second kappa shape index (κ2) is 3.09. The zero-order valence-electron chi connectivity index (χ0n) is 5.51. The number of nitrogens with zero attached hydrogens (tertiary/aromatic N) is 2. The highest BCUT2D eigenvalue weighted by Crippen LogP contribution is 2.07. The van der Waals surface area contributed by atoms with Crippen LogP contribution in [0.3, 0.4) is 0 Å². The zero-order chi connectivity index (χ0) is 8.27. The van der Waals surface area contributed by atoms with E-state index >= 15 is 0 Å². The van der Waals surface area contributed by atoms with E-state index in [2.05, 4.69) is 4.98 Å². The van der Waals surface area contributed by atoms with Gasteiger partial charge in [-0.15, -0.1) is 5.23 Å². The Bertz CT molecular complexity index is 245. The van der Waals surface area contributed by atoms with Crippen molar-refractivity contribution in [2.24, 2.45) is 0 Å². The lowest BCUT2D eigenvalue weighted by Crippen LogP contribution is -2.11. The Morgan fingerprint density at radius 1 is 1.45 bits per heavy atom. The van der Waals surface area contributed by atoms with Crippen molar-refractivity contribution in [3.05, 3.63) is 24.0 Å². The second-order valence-electron chi connectivity index (χ2n) is 1.85. The molecular formula is C6H6N2O3. The molecule has 0 fully saturated rings. The van der Waals surface area contributed by atoms with Crippen molar-refractivity contribution in [3.63, 3.8) is 0 Å². The van der Waals surface area contributed by atoms with E-state index in [0.29, 0.717) is 6.29 Å². The molecule has 0 saturated carbocycles. The van der Waals surface area contributed by atoms with Crippen molar-refractivity contribution in [3.8, 4) is 0 Å². The summed E-state index contributed by atoms with van der Waals surface area (Å²) in [6, 6.07) is 2.73. The van der Waals surface area contributed by atoms with E-state index < -0.39 is 0 Å². The first-order valence-electron chi connectivity index (χ1n) is 2.83. The highest BCUT2D eigenvalue weighted by atomic mass is 16.8. The Balaban J connectivity index is 2.91. The van der Waals surface area contributed by atoms with Crippen molar-refractivity contribution in [1.82, 2.24) is 4.98 Å². The van der Waals surface area contributed by atoms with E-state index in [4.69, 9.17) is 10.4 Å². The number of aldehydes is 1. The van der Waals surface area contributed by atoms with E-state index in [1.165, 1.54) is 18.3 Å². The normalized spacial score (nSPS) is 9.27. The first-order chi connectivity index (χ1) is 5.24. The molecule has 2 N–H and O–H groups in total. The number of carbonyl (C=O) groups is 1. The van der Waals surface area contributed by atoms with Gasteiger partial charge in [-0.1, -0.05) is 0 Å². The molecule has 1 aromatic rings. The first kappa shape index (κ1) is 7.64. The molecule has 5 heteroatoms. The van der Waals surface area contributed by atoms with E-state index in [9.17, 15) is 4.79 Å². The Morgan fingerprint density at radius 2 is 2.18 bits per heavy atom. The molecule has 1 rings (SSSR count). The maximum Gasteiger partial charge on any atom is 0.168 e. The lowest BCUT2D eigenvalue weighted by Gasteiger charge is -2.05. The predicted molar refractivity (Wildman–Crippen MR) is 35.7 cm³/mol. The van der Waals surface area contributed by atoms with Gasteiger partial charge in [0.25, 0.3) is 0 Å². The van der Waals surface area contributed by atoms with Crippen molar-refractivity contribution in [2.75, 3.05) is 5.23 Å². The summed E-state index contributed by atoms with van der Waals surface area (Å²) in [4.78, 5) is 13.7. The van der Waals surface area contributed by atoms with Gasteiger partial charge in [0, 0.05) is 0 Å². The fraction of sp³-hybridized carbons (Fsp3) is 0. The molecule has 0 spiro atoms. The Morgan fingerprint density at radius 3 is 2.55 bits per heavy atom. The molecule has 1 heterocycles. The van der Waals surface area contributed by atoms with Crippen LogP contribution in [0, 0.1) is 0 Å². The van der Waals surface area contributed by atoms with Crippen LogP contribution in [0.4, 0.5) is 5.69 Å². The summed E-state index contributed by atoms with van der Waals surface area (Å²) < 4.78 is 0. The third kappa shape index (κ3) is 1.73. The molecule has 5 nitrogen and oxygen atoms in total. The SMILES string of the molecule is O=Cc1ccc(N(O)O)cn1. The van der Waals surface area contributed by atoms with Crippen molar-refractivity contribution < 1.29 is 15.2 Å². The van der Waals surface area contributed by atoms with Crippen molar-refractivity contribution in [2.45, 2.75) is 0 Å². The molecule has 0 aromatic carbocycles. The summed E-state index contributed by atoms with van der Waals surface area (Å²) in [6.07, 6.45) is 1.74. The summed E-state index contributed by atoms with van der Waals surface area (Å²) in [7, 11) is 0. The topological polar surface area (TPSA) is 73.7 Å². The molecule has 0 saturated heterocycles. The standard InChI is InChI=1S/C6H6N2O3/c9-4-5-1-2-6(3-7-5)8(10)11/h1-4,10-11H.